The molecule has 0 aromatic heterocycles. The van der Waals surface area contributed by atoms with Crippen molar-refractivity contribution in [2.75, 3.05) is 19.6 Å². The first-order valence-corrected chi connectivity index (χ1v) is 7.20. The molecule has 0 radical (unpaired) electrons. The van der Waals surface area contributed by atoms with Gasteiger partial charge in [-0.15, -0.1) is 0 Å². The fraction of sp³-hybridized carbons (Fsp3) is 0.588. The summed E-state index contributed by atoms with van der Waals surface area (Å²) in [7, 11) is 0. The molecule has 0 aliphatic heterocycles. The van der Waals surface area contributed by atoms with Gasteiger partial charge in [-0.2, -0.15) is 0 Å². The maximum Gasteiger partial charge on any atom is 0.176 e. The first-order chi connectivity index (χ1) is 8.88. The van der Waals surface area contributed by atoms with Gasteiger partial charge in [-0.25, -0.2) is 0 Å². The lowest BCUT2D eigenvalue weighted by molar-refractivity contribution is 0.0912. The van der Waals surface area contributed by atoms with Crippen LogP contribution in [0.4, 0.5) is 0 Å². The van der Waals surface area contributed by atoms with Crippen molar-refractivity contribution in [3.8, 4) is 0 Å². The predicted octanol–water partition coefficient (Wildman–Crippen LogP) is 3.79. The summed E-state index contributed by atoms with van der Waals surface area (Å²) in [5.41, 5.74) is 1.97. The average molecular weight is 261 g/mol. The standard InChI is InChI=1S/C17H27NO/c1-13(2)10-18(11-14(3)4)12-17(19)16-8-6-7-15(5)9-16/h6-9,13-14H,10-12H2,1-5H3. The first kappa shape index (κ1) is 15.9. The fourth-order valence-corrected chi connectivity index (χ4v) is 2.35. The van der Waals surface area contributed by atoms with Gasteiger partial charge in [0.15, 0.2) is 5.78 Å². The van der Waals surface area contributed by atoms with Gasteiger partial charge in [0.2, 0.25) is 0 Å². The molecule has 2 nitrogen and oxygen atoms in total. The number of rotatable bonds is 7. The predicted molar refractivity (Wildman–Crippen MR) is 81.6 cm³/mol. The highest BCUT2D eigenvalue weighted by molar-refractivity contribution is 5.97. The monoisotopic (exact) mass is 261 g/mol. The first-order valence-electron chi connectivity index (χ1n) is 7.20. The van der Waals surface area contributed by atoms with Crippen LogP contribution in [-0.2, 0) is 0 Å². The van der Waals surface area contributed by atoms with Crippen LogP contribution in [0.3, 0.4) is 0 Å². The second kappa shape index (κ2) is 7.44. The molecule has 0 N–H and O–H groups in total. The molecule has 106 valence electrons. The van der Waals surface area contributed by atoms with Crippen molar-refractivity contribution >= 4 is 5.78 Å². The summed E-state index contributed by atoms with van der Waals surface area (Å²) in [5, 5.41) is 0. The van der Waals surface area contributed by atoms with E-state index in [1.807, 2.05) is 31.2 Å². The molecule has 0 amide bonds. The Kier molecular flexibility index (Phi) is 6.23. The molecule has 0 atom stereocenters. The summed E-state index contributed by atoms with van der Waals surface area (Å²) in [5.74, 6) is 1.40. The largest absolute Gasteiger partial charge is 0.295 e. The maximum absolute atomic E-state index is 12.3. The number of nitrogens with zero attached hydrogens (tertiary/aromatic N) is 1. The molecule has 0 saturated carbocycles. The lowest BCUT2D eigenvalue weighted by atomic mass is 10.1. The minimum Gasteiger partial charge on any atom is -0.295 e. The number of aryl methyl sites for hydroxylation is 1. The summed E-state index contributed by atoms with van der Waals surface area (Å²) < 4.78 is 0. The third kappa shape index (κ3) is 6.02. The number of Topliss-reactive ketones (excluding diaryl/α,β-unsaturated/α-hetero) is 1. The summed E-state index contributed by atoms with van der Waals surface area (Å²) in [6.07, 6.45) is 0. The van der Waals surface area contributed by atoms with E-state index in [0.29, 0.717) is 18.4 Å². The van der Waals surface area contributed by atoms with Crippen LogP contribution in [0, 0.1) is 18.8 Å². The van der Waals surface area contributed by atoms with Gasteiger partial charge >= 0.3 is 0 Å². The average Bonchev–Trinajstić information content (AvgIpc) is 2.26. The van der Waals surface area contributed by atoms with Gasteiger partial charge in [-0.05, 0) is 24.8 Å². The highest BCUT2D eigenvalue weighted by Crippen LogP contribution is 2.09. The summed E-state index contributed by atoms with van der Waals surface area (Å²) >= 11 is 0. The molecule has 0 aliphatic carbocycles. The van der Waals surface area contributed by atoms with E-state index in [1.54, 1.807) is 0 Å². The van der Waals surface area contributed by atoms with Crippen molar-refractivity contribution in [1.82, 2.24) is 4.90 Å². The van der Waals surface area contributed by atoms with E-state index >= 15 is 0 Å². The van der Waals surface area contributed by atoms with E-state index in [9.17, 15) is 4.79 Å². The topological polar surface area (TPSA) is 20.3 Å². The highest BCUT2D eigenvalue weighted by atomic mass is 16.1. The Hall–Kier alpha value is -1.15. The molecular formula is C17H27NO. The van der Waals surface area contributed by atoms with Crippen molar-refractivity contribution in [2.24, 2.45) is 11.8 Å². The highest BCUT2D eigenvalue weighted by Gasteiger charge is 2.15. The van der Waals surface area contributed by atoms with Crippen molar-refractivity contribution in [2.45, 2.75) is 34.6 Å². The van der Waals surface area contributed by atoms with Gasteiger partial charge < -0.3 is 0 Å². The molecule has 0 aliphatic rings. The van der Waals surface area contributed by atoms with Crippen LogP contribution in [0.25, 0.3) is 0 Å². The molecule has 0 unspecified atom stereocenters. The summed E-state index contributed by atoms with van der Waals surface area (Å²) in [6, 6.07) is 7.87. The Morgan fingerprint density at radius 2 is 1.68 bits per heavy atom. The van der Waals surface area contributed by atoms with E-state index in [2.05, 4.69) is 32.6 Å². The molecule has 0 heterocycles. The molecule has 0 saturated heterocycles. The molecule has 2 heteroatoms. The zero-order valence-corrected chi connectivity index (χ0v) is 12.9. The molecule has 1 aromatic carbocycles. The Balaban J connectivity index is 2.69. The summed E-state index contributed by atoms with van der Waals surface area (Å²) in [4.78, 5) is 14.6. The van der Waals surface area contributed by atoms with Crippen molar-refractivity contribution in [3.05, 3.63) is 35.4 Å². The zero-order chi connectivity index (χ0) is 14.4. The number of ketones is 1. The Morgan fingerprint density at radius 3 is 2.16 bits per heavy atom. The van der Waals surface area contributed by atoms with Crippen LogP contribution in [0.2, 0.25) is 0 Å². The zero-order valence-electron chi connectivity index (χ0n) is 12.9. The van der Waals surface area contributed by atoms with Crippen LogP contribution < -0.4 is 0 Å². The van der Waals surface area contributed by atoms with Gasteiger partial charge in [0.1, 0.15) is 0 Å². The van der Waals surface area contributed by atoms with Crippen LogP contribution in [0.15, 0.2) is 24.3 Å². The van der Waals surface area contributed by atoms with Gasteiger partial charge in [0, 0.05) is 18.7 Å². The fourth-order valence-electron chi connectivity index (χ4n) is 2.35. The van der Waals surface area contributed by atoms with Crippen molar-refractivity contribution in [3.63, 3.8) is 0 Å². The third-order valence-electron chi connectivity index (χ3n) is 2.95. The van der Waals surface area contributed by atoms with Gasteiger partial charge in [0.25, 0.3) is 0 Å². The minimum atomic E-state index is 0.227. The van der Waals surface area contributed by atoms with Gasteiger partial charge in [-0.3, -0.25) is 9.69 Å². The lowest BCUT2D eigenvalue weighted by Gasteiger charge is -2.25. The van der Waals surface area contributed by atoms with Crippen LogP contribution >= 0.6 is 0 Å². The smallest absolute Gasteiger partial charge is 0.176 e. The quantitative estimate of drug-likeness (QED) is 0.696. The van der Waals surface area contributed by atoms with Crippen molar-refractivity contribution < 1.29 is 4.79 Å². The van der Waals surface area contributed by atoms with Crippen LogP contribution in [0.1, 0.15) is 43.6 Å². The van der Waals surface area contributed by atoms with E-state index in [4.69, 9.17) is 0 Å². The molecule has 0 fully saturated rings. The summed E-state index contributed by atoms with van der Waals surface area (Å²) in [6.45, 7) is 13.3. The van der Waals surface area contributed by atoms with E-state index in [1.165, 1.54) is 0 Å². The second-order valence-electron chi connectivity index (χ2n) is 6.27. The number of carbonyl (C=O) groups is 1. The number of hydrogen-bond donors (Lipinski definition) is 0. The number of benzene rings is 1. The molecule has 1 aromatic rings. The van der Waals surface area contributed by atoms with Gasteiger partial charge in [-0.1, -0.05) is 51.5 Å². The SMILES string of the molecule is Cc1cccc(C(=O)CN(CC(C)C)CC(C)C)c1. The molecule has 0 spiro atoms. The maximum atomic E-state index is 12.3. The molecule has 19 heavy (non-hydrogen) atoms. The Morgan fingerprint density at radius 1 is 1.11 bits per heavy atom. The minimum absolute atomic E-state index is 0.227. The molecule has 0 bridgehead atoms. The normalized spacial score (nSPS) is 11.6. The Bertz CT molecular complexity index is 399. The van der Waals surface area contributed by atoms with Crippen LogP contribution in [-0.4, -0.2) is 30.3 Å². The number of hydrogen-bond acceptors (Lipinski definition) is 2. The molecular weight excluding hydrogens is 234 g/mol. The Labute approximate surface area is 117 Å². The number of carbonyl (C=O) groups excluding carboxylic acids is 1. The van der Waals surface area contributed by atoms with Gasteiger partial charge in [0.05, 0.1) is 6.54 Å². The van der Waals surface area contributed by atoms with E-state index < -0.39 is 0 Å². The van der Waals surface area contributed by atoms with Crippen molar-refractivity contribution in [1.29, 1.82) is 0 Å². The van der Waals surface area contributed by atoms with E-state index in [0.717, 1.165) is 24.2 Å². The lowest BCUT2D eigenvalue weighted by Crippen LogP contribution is -2.35. The van der Waals surface area contributed by atoms with E-state index in [-0.39, 0.29) is 5.78 Å². The third-order valence-corrected chi connectivity index (χ3v) is 2.95. The van der Waals surface area contributed by atoms with Crippen LogP contribution in [0.5, 0.6) is 0 Å². The molecule has 1 rings (SSSR count). The second-order valence-corrected chi connectivity index (χ2v) is 6.27.